The van der Waals surface area contributed by atoms with Gasteiger partial charge in [-0.2, -0.15) is 0 Å². The summed E-state index contributed by atoms with van der Waals surface area (Å²) in [6.07, 6.45) is 28.9. The highest BCUT2D eigenvalue weighted by atomic mass is 16.3. The van der Waals surface area contributed by atoms with Crippen molar-refractivity contribution in [1.82, 2.24) is 10.2 Å². The molecule has 204 valence electrons. The molecule has 1 unspecified atom stereocenters. The molecule has 0 bridgehead atoms. The summed E-state index contributed by atoms with van der Waals surface area (Å²) in [5.41, 5.74) is -1.38. The summed E-state index contributed by atoms with van der Waals surface area (Å²) < 4.78 is 0. The molecule has 0 aromatic carbocycles. The van der Waals surface area contributed by atoms with Crippen molar-refractivity contribution in [2.45, 2.75) is 167 Å². The Morgan fingerprint density at radius 2 is 0.912 bits per heavy atom. The summed E-state index contributed by atoms with van der Waals surface area (Å²) in [6.45, 7) is 5.19. The number of likely N-dealkylation sites (N-methyl/N-ethyl adjacent to an activating group) is 1. The minimum absolute atomic E-state index is 0.227. The van der Waals surface area contributed by atoms with Crippen molar-refractivity contribution in [3.8, 4) is 0 Å². The number of hydrogen-bond acceptors (Lipinski definition) is 3. The monoisotopic (exact) mass is 482 g/mol. The molecule has 34 heavy (non-hydrogen) atoms. The van der Waals surface area contributed by atoms with Crippen molar-refractivity contribution in [3.05, 3.63) is 0 Å². The van der Waals surface area contributed by atoms with Crippen LogP contribution in [0.3, 0.4) is 0 Å². The molecule has 0 aromatic heterocycles. The van der Waals surface area contributed by atoms with Gasteiger partial charge in [-0.15, -0.1) is 0 Å². The van der Waals surface area contributed by atoms with Gasteiger partial charge >= 0.3 is 0 Å². The average Bonchev–Trinajstić information content (AvgIpc) is 2.82. The molecule has 1 amide bonds. The van der Waals surface area contributed by atoms with Crippen LogP contribution in [-0.4, -0.2) is 42.3 Å². The maximum absolute atomic E-state index is 12.7. The molecule has 0 aliphatic rings. The summed E-state index contributed by atoms with van der Waals surface area (Å²) in [5, 5.41) is 14.0. The van der Waals surface area contributed by atoms with E-state index >= 15 is 0 Å². The topological polar surface area (TPSA) is 52.6 Å². The highest BCUT2D eigenvalue weighted by Crippen LogP contribution is 2.20. The standard InChI is InChI=1S/C30H62N2O2/c1-5-7-9-11-13-15-16-17-18-19-20-21-23-25-27-30(34,32(3)4)29(33)31-28-26-24-22-14-12-10-8-6-2/h34H,5-28H2,1-4H3,(H,31,33). The SMILES string of the molecule is CCCCCCCCCCCCCCCCC(O)(C(=O)NCCCCCCCCCC)N(C)C. The number of nitrogens with one attached hydrogen (secondary N) is 1. The van der Waals surface area contributed by atoms with Gasteiger partial charge in [-0.3, -0.25) is 9.69 Å². The summed E-state index contributed by atoms with van der Waals surface area (Å²) in [4.78, 5) is 14.4. The van der Waals surface area contributed by atoms with E-state index in [-0.39, 0.29) is 5.91 Å². The summed E-state index contributed by atoms with van der Waals surface area (Å²) in [5.74, 6) is -0.227. The second-order valence-electron chi connectivity index (χ2n) is 10.8. The summed E-state index contributed by atoms with van der Waals surface area (Å²) in [6, 6.07) is 0. The minimum atomic E-state index is -1.38. The van der Waals surface area contributed by atoms with Crippen molar-refractivity contribution in [2.75, 3.05) is 20.6 Å². The predicted octanol–water partition coefficient (Wildman–Crippen LogP) is 8.36. The van der Waals surface area contributed by atoms with Crippen molar-refractivity contribution in [1.29, 1.82) is 0 Å². The van der Waals surface area contributed by atoms with Crippen LogP contribution in [0.4, 0.5) is 0 Å². The lowest BCUT2D eigenvalue weighted by Crippen LogP contribution is -2.56. The van der Waals surface area contributed by atoms with Gasteiger partial charge in [0.2, 0.25) is 0 Å². The third-order valence-electron chi connectivity index (χ3n) is 7.30. The Kier molecular flexibility index (Phi) is 23.7. The second-order valence-corrected chi connectivity index (χ2v) is 10.8. The molecule has 0 aliphatic carbocycles. The number of nitrogens with zero attached hydrogens (tertiary/aromatic N) is 1. The van der Waals surface area contributed by atoms with Crippen LogP contribution in [0.2, 0.25) is 0 Å². The van der Waals surface area contributed by atoms with E-state index in [0.29, 0.717) is 13.0 Å². The van der Waals surface area contributed by atoms with Crippen molar-refractivity contribution >= 4 is 5.91 Å². The van der Waals surface area contributed by atoms with E-state index in [4.69, 9.17) is 0 Å². The zero-order valence-corrected chi connectivity index (χ0v) is 23.8. The lowest BCUT2D eigenvalue weighted by Gasteiger charge is -2.33. The normalized spacial score (nSPS) is 13.4. The molecule has 0 heterocycles. The maximum Gasteiger partial charge on any atom is 0.267 e. The van der Waals surface area contributed by atoms with Crippen LogP contribution in [0.1, 0.15) is 162 Å². The van der Waals surface area contributed by atoms with E-state index in [9.17, 15) is 9.90 Å². The molecule has 0 fully saturated rings. The van der Waals surface area contributed by atoms with E-state index < -0.39 is 5.72 Å². The van der Waals surface area contributed by atoms with Gasteiger partial charge in [0, 0.05) is 6.54 Å². The maximum atomic E-state index is 12.7. The summed E-state index contributed by atoms with van der Waals surface area (Å²) in [7, 11) is 3.61. The van der Waals surface area contributed by atoms with Crippen molar-refractivity contribution in [3.63, 3.8) is 0 Å². The van der Waals surface area contributed by atoms with E-state index in [2.05, 4.69) is 19.2 Å². The lowest BCUT2D eigenvalue weighted by molar-refractivity contribution is -0.159. The lowest BCUT2D eigenvalue weighted by atomic mass is 10.0. The molecule has 0 saturated heterocycles. The van der Waals surface area contributed by atoms with Crippen molar-refractivity contribution < 1.29 is 9.90 Å². The molecule has 0 rings (SSSR count). The molecule has 4 nitrogen and oxygen atoms in total. The number of hydrogen-bond donors (Lipinski definition) is 2. The largest absolute Gasteiger partial charge is 0.367 e. The van der Waals surface area contributed by atoms with Crippen LogP contribution in [0.15, 0.2) is 0 Å². The molecule has 2 N–H and O–H groups in total. The van der Waals surface area contributed by atoms with Gasteiger partial charge in [-0.25, -0.2) is 0 Å². The molecule has 0 spiro atoms. The minimum Gasteiger partial charge on any atom is -0.367 e. The molecule has 0 aliphatic heterocycles. The first-order valence-corrected chi connectivity index (χ1v) is 15.2. The fraction of sp³-hybridized carbons (Fsp3) is 0.967. The molecular formula is C30H62N2O2. The Labute approximate surface area is 214 Å². The Hall–Kier alpha value is -0.610. The van der Waals surface area contributed by atoms with Crippen LogP contribution < -0.4 is 5.32 Å². The Balaban J connectivity index is 3.74. The van der Waals surface area contributed by atoms with Crippen LogP contribution in [-0.2, 0) is 4.79 Å². The van der Waals surface area contributed by atoms with Gasteiger partial charge in [-0.1, -0.05) is 142 Å². The third kappa shape index (κ3) is 18.7. The van der Waals surface area contributed by atoms with Gasteiger partial charge < -0.3 is 10.4 Å². The van der Waals surface area contributed by atoms with E-state index in [1.807, 2.05) is 0 Å². The first-order valence-electron chi connectivity index (χ1n) is 15.2. The quantitative estimate of drug-likeness (QED) is 0.0961. The number of carbonyl (C=O) groups excluding carboxylic acids is 1. The van der Waals surface area contributed by atoms with Crippen LogP contribution in [0.5, 0.6) is 0 Å². The van der Waals surface area contributed by atoms with Gasteiger partial charge in [-0.05, 0) is 33.4 Å². The van der Waals surface area contributed by atoms with Crippen LogP contribution >= 0.6 is 0 Å². The fourth-order valence-electron chi connectivity index (χ4n) is 4.71. The Morgan fingerprint density at radius 3 is 1.26 bits per heavy atom. The third-order valence-corrected chi connectivity index (χ3v) is 7.30. The predicted molar refractivity (Wildman–Crippen MR) is 149 cm³/mol. The van der Waals surface area contributed by atoms with Gasteiger partial charge in [0.05, 0.1) is 0 Å². The molecule has 0 saturated carbocycles. The van der Waals surface area contributed by atoms with Crippen molar-refractivity contribution in [2.24, 2.45) is 0 Å². The Morgan fingerprint density at radius 1 is 0.588 bits per heavy atom. The van der Waals surface area contributed by atoms with Gasteiger partial charge in [0.1, 0.15) is 0 Å². The van der Waals surface area contributed by atoms with Gasteiger partial charge in [0.25, 0.3) is 5.91 Å². The smallest absolute Gasteiger partial charge is 0.267 e. The molecule has 0 aromatic rings. The molecular weight excluding hydrogens is 420 g/mol. The first-order chi connectivity index (χ1) is 16.5. The van der Waals surface area contributed by atoms with E-state index in [0.717, 1.165) is 25.7 Å². The van der Waals surface area contributed by atoms with E-state index in [1.165, 1.54) is 116 Å². The number of amides is 1. The number of carbonyl (C=O) groups is 1. The number of aliphatic hydroxyl groups is 1. The number of unbranched alkanes of at least 4 members (excludes halogenated alkanes) is 20. The fourth-order valence-corrected chi connectivity index (χ4v) is 4.71. The highest BCUT2D eigenvalue weighted by Gasteiger charge is 2.37. The van der Waals surface area contributed by atoms with Gasteiger partial charge in [0.15, 0.2) is 5.72 Å². The first kappa shape index (κ1) is 33.4. The zero-order valence-electron chi connectivity index (χ0n) is 23.8. The average molecular weight is 483 g/mol. The highest BCUT2D eigenvalue weighted by molar-refractivity contribution is 5.84. The number of rotatable bonds is 26. The Bertz CT molecular complexity index is 442. The summed E-state index contributed by atoms with van der Waals surface area (Å²) >= 11 is 0. The molecule has 4 heteroatoms. The zero-order chi connectivity index (χ0) is 25.3. The second kappa shape index (κ2) is 24.1. The van der Waals surface area contributed by atoms with Crippen LogP contribution in [0, 0.1) is 0 Å². The van der Waals surface area contributed by atoms with Crippen LogP contribution in [0.25, 0.3) is 0 Å². The molecule has 0 radical (unpaired) electrons. The van der Waals surface area contributed by atoms with E-state index in [1.54, 1.807) is 19.0 Å². The molecule has 1 atom stereocenters.